The van der Waals surface area contributed by atoms with E-state index in [1.165, 1.54) is 33.0 Å². The second-order valence-corrected chi connectivity index (χ2v) is 7.03. The summed E-state index contributed by atoms with van der Waals surface area (Å²) in [5.41, 5.74) is 7.64. The van der Waals surface area contributed by atoms with Gasteiger partial charge in [0, 0.05) is 28.2 Å². The monoisotopic (exact) mass is 298 g/mol. The number of para-hydroxylation sites is 1. The first-order chi connectivity index (χ1) is 11.2. The summed E-state index contributed by atoms with van der Waals surface area (Å²) < 4.78 is 6.26. The van der Waals surface area contributed by atoms with Gasteiger partial charge in [0.15, 0.2) is 0 Å². The molecule has 0 aliphatic heterocycles. The van der Waals surface area contributed by atoms with Crippen LogP contribution in [0.15, 0.2) is 65.1 Å². The normalized spacial score (nSPS) is 15.6. The van der Waals surface area contributed by atoms with E-state index in [4.69, 9.17) is 4.42 Å². The van der Waals surface area contributed by atoms with Crippen molar-refractivity contribution in [1.29, 1.82) is 0 Å². The van der Waals surface area contributed by atoms with Crippen LogP contribution in [0.5, 0.6) is 0 Å². The van der Waals surface area contributed by atoms with Crippen molar-refractivity contribution >= 4 is 21.9 Å². The summed E-state index contributed by atoms with van der Waals surface area (Å²) in [6.45, 7) is 4.64. The van der Waals surface area contributed by atoms with Crippen molar-refractivity contribution in [1.82, 2.24) is 0 Å². The van der Waals surface area contributed by atoms with Gasteiger partial charge in [-0.15, -0.1) is 0 Å². The van der Waals surface area contributed by atoms with Crippen LogP contribution in [-0.2, 0) is 11.8 Å². The third-order valence-electron chi connectivity index (χ3n) is 5.38. The average Bonchev–Trinajstić information content (AvgIpc) is 2.94. The summed E-state index contributed by atoms with van der Waals surface area (Å²) in [4.78, 5) is 0. The van der Waals surface area contributed by atoms with E-state index in [9.17, 15) is 0 Å². The van der Waals surface area contributed by atoms with E-state index in [2.05, 4.69) is 68.4 Å². The number of fused-ring (bicyclic) bond motifs is 6. The van der Waals surface area contributed by atoms with Crippen molar-refractivity contribution in [2.75, 3.05) is 0 Å². The van der Waals surface area contributed by atoms with Crippen molar-refractivity contribution in [3.05, 3.63) is 82.9 Å². The van der Waals surface area contributed by atoms with Crippen LogP contribution in [0.2, 0.25) is 0 Å². The third kappa shape index (κ3) is 1.62. The standard InChI is InChI=1S/C22H18O/c1-22(2)18-9-5-3-7-14(18)13-17-19(22)12-11-16-15-8-4-6-10-20(15)23-21(16)17/h3-12H,13H2,1-2H3. The third-order valence-corrected chi connectivity index (χ3v) is 5.38. The lowest BCUT2D eigenvalue weighted by atomic mass is 9.69. The zero-order chi connectivity index (χ0) is 15.6. The number of benzene rings is 3. The van der Waals surface area contributed by atoms with Crippen molar-refractivity contribution in [3.63, 3.8) is 0 Å². The summed E-state index contributed by atoms with van der Waals surface area (Å²) in [5, 5.41) is 2.44. The Labute approximate surface area is 135 Å². The molecule has 1 heteroatoms. The molecular weight excluding hydrogens is 280 g/mol. The molecule has 0 unspecified atom stereocenters. The molecule has 23 heavy (non-hydrogen) atoms. The number of furan rings is 1. The summed E-state index contributed by atoms with van der Waals surface area (Å²) in [7, 11) is 0. The van der Waals surface area contributed by atoms with Crippen molar-refractivity contribution in [2.24, 2.45) is 0 Å². The molecule has 0 spiro atoms. The molecule has 1 aromatic heterocycles. The van der Waals surface area contributed by atoms with Gasteiger partial charge in [-0.05, 0) is 22.8 Å². The smallest absolute Gasteiger partial charge is 0.139 e. The highest BCUT2D eigenvalue weighted by Crippen LogP contribution is 2.45. The first kappa shape index (κ1) is 13.0. The Morgan fingerprint density at radius 3 is 2.48 bits per heavy atom. The first-order valence-electron chi connectivity index (χ1n) is 8.18. The maximum Gasteiger partial charge on any atom is 0.139 e. The van der Waals surface area contributed by atoms with Crippen LogP contribution in [0.25, 0.3) is 21.9 Å². The van der Waals surface area contributed by atoms with E-state index in [0.29, 0.717) is 0 Å². The second kappa shape index (κ2) is 4.26. The lowest BCUT2D eigenvalue weighted by Gasteiger charge is -2.35. The second-order valence-electron chi connectivity index (χ2n) is 7.03. The summed E-state index contributed by atoms with van der Waals surface area (Å²) in [5.74, 6) is 0. The van der Waals surface area contributed by atoms with Gasteiger partial charge >= 0.3 is 0 Å². The molecule has 0 saturated carbocycles. The van der Waals surface area contributed by atoms with Gasteiger partial charge in [-0.1, -0.05) is 68.4 Å². The van der Waals surface area contributed by atoms with E-state index in [-0.39, 0.29) is 5.41 Å². The van der Waals surface area contributed by atoms with Crippen LogP contribution < -0.4 is 0 Å². The van der Waals surface area contributed by atoms with Crippen molar-refractivity contribution in [3.8, 4) is 0 Å². The van der Waals surface area contributed by atoms with E-state index < -0.39 is 0 Å². The molecule has 1 nitrogen and oxygen atoms in total. The number of hydrogen-bond acceptors (Lipinski definition) is 1. The van der Waals surface area contributed by atoms with Crippen LogP contribution in [0, 0.1) is 0 Å². The van der Waals surface area contributed by atoms with Crippen LogP contribution in [-0.4, -0.2) is 0 Å². The molecule has 1 heterocycles. The number of hydrogen-bond donors (Lipinski definition) is 0. The molecule has 0 atom stereocenters. The van der Waals surface area contributed by atoms with Gasteiger partial charge in [-0.25, -0.2) is 0 Å². The molecule has 1 aliphatic rings. The largest absolute Gasteiger partial charge is 0.456 e. The van der Waals surface area contributed by atoms with E-state index in [1.54, 1.807) is 0 Å². The molecule has 1 aliphatic carbocycles. The molecule has 5 rings (SSSR count). The molecule has 0 saturated heterocycles. The Kier molecular flexibility index (Phi) is 2.40. The topological polar surface area (TPSA) is 13.1 Å². The quantitative estimate of drug-likeness (QED) is 0.399. The van der Waals surface area contributed by atoms with Gasteiger partial charge in [0.1, 0.15) is 11.2 Å². The van der Waals surface area contributed by atoms with E-state index >= 15 is 0 Å². The molecular formula is C22H18O. The molecule has 0 amide bonds. The maximum absolute atomic E-state index is 6.26. The highest BCUT2D eigenvalue weighted by atomic mass is 16.3. The minimum Gasteiger partial charge on any atom is -0.456 e. The van der Waals surface area contributed by atoms with Crippen molar-refractivity contribution in [2.45, 2.75) is 25.7 Å². The molecule has 0 fully saturated rings. The van der Waals surface area contributed by atoms with Gasteiger partial charge in [0.05, 0.1) is 0 Å². The lowest BCUT2D eigenvalue weighted by Crippen LogP contribution is -2.27. The Bertz CT molecular complexity index is 1070. The fourth-order valence-electron chi connectivity index (χ4n) is 4.23. The fraction of sp³-hybridized carbons (Fsp3) is 0.182. The predicted octanol–water partition coefficient (Wildman–Crippen LogP) is 5.82. The van der Waals surface area contributed by atoms with Crippen LogP contribution in [0.4, 0.5) is 0 Å². The molecule has 4 aromatic rings. The lowest BCUT2D eigenvalue weighted by molar-refractivity contribution is 0.601. The van der Waals surface area contributed by atoms with Crippen molar-refractivity contribution < 1.29 is 4.42 Å². The molecule has 0 bridgehead atoms. The van der Waals surface area contributed by atoms with E-state index in [0.717, 1.165) is 17.6 Å². The molecule has 112 valence electrons. The zero-order valence-corrected chi connectivity index (χ0v) is 13.4. The maximum atomic E-state index is 6.26. The first-order valence-corrected chi connectivity index (χ1v) is 8.18. The van der Waals surface area contributed by atoms with Gasteiger partial charge in [0.2, 0.25) is 0 Å². The van der Waals surface area contributed by atoms with Gasteiger partial charge in [-0.3, -0.25) is 0 Å². The van der Waals surface area contributed by atoms with E-state index in [1.807, 2.05) is 6.07 Å². The van der Waals surface area contributed by atoms with Gasteiger partial charge in [0.25, 0.3) is 0 Å². The Morgan fingerprint density at radius 1 is 0.783 bits per heavy atom. The molecule has 0 N–H and O–H groups in total. The van der Waals surface area contributed by atoms with Gasteiger partial charge < -0.3 is 4.42 Å². The highest BCUT2D eigenvalue weighted by molar-refractivity contribution is 6.06. The summed E-state index contributed by atoms with van der Waals surface area (Å²) >= 11 is 0. The minimum absolute atomic E-state index is 0.0113. The SMILES string of the molecule is CC1(C)c2ccccc2Cc2c1ccc1c2oc2ccccc21. The fourth-order valence-corrected chi connectivity index (χ4v) is 4.23. The summed E-state index contributed by atoms with van der Waals surface area (Å²) in [6.07, 6.45) is 0.950. The van der Waals surface area contributed by atoms with Crippen LogP contribution >= 0.6 is 0 Å². The molecule has 0 radical (unpaired) electrons. The van der Waals surface area contributed by atoms with Crippen LogP contribution in [0.1, 0.15) is 36.1 Å². The molecule has 3 aromatic carbocycles. The number of rotatable bonds is 0. The summed E-state index contributed by atoms with van der Waals surface area (Å²) in [6, 6.07) is 21.7. The van der Waals surface area contributed by atoms with Gasteiger partial charge in [-0.2, -0.15) is 0 Å². The Morgan fingerprint density at radius 2 is 1.57 bits per heavy atom. The highest BCUT2D eigenvalue weighted by Gasteiger charge is 2.33. The van der Waals surface area contributed by atoms with Crippen LogP contribution in [0.3, 0.4) is 0 Å². The Balaban J connectivity index is 1.89. The Hall–Kier alpha value is -2.54. The predicted molar refractivity (Wildman–Crippen MR) is 95.1 cm³/mol. The average molecular weight is 298 g/mol. The zero-order valence-electron chi connectivity index (χ0n) is 13.4. The minimum atomic E-state index is 0.0113.